The summed E-state index contributed by atoms with van der Waals surface area (Å²) in [5.74, 6) is -0.897. The maximum Gasteiger partial charge on any atom is 0.306 e. The molecular weight excluding hydrogens is 937 g/mol. The highest BCUT2D eigenvalue weighted by atomic mass is 16.6. The largest absolute Gasteiger partial charge is 0.462 e. The average molecular weight is 1060 g/mol. The second kappa shape index (κ2) is 63.6. The zero-order valence-electron chi connectivity index (χ0n) is 49.7. The first-order chi connectivity index (χ1) is 37.5. The van der Waals surface area contributed by atoms with Crippen LogP contribution in [-0.4, -0.2) is 37.2 Å². The topological polar surface area (TPSA) is 78.9 Å². The van der Waals surface area contributed by atoms with Crippen molar-refractivity contribution in [1.82, 2.24) is 0 Å². The number of allylic oxidation sites excluding steroid dienone is 18. The maximum absolute atomic E-state index is 12.8. The molecule has 76 heavy (non-hydrogen) atoms. The summed E-state index contributed by atoms with van der Waals surface area (Å²) in [5, 5.41) is 0. The third-order valence-electron chi connectivity index (χ3n) is 13.5. The van der Waals surface area contributed by atoms with Crippen molar-refractivity contribution in [3.63, 3.8) is 0 Å². The standard InChI is InChI=1S/C70H118O6/c1-4-7-10-13-15-17-19-21-23-25-27-28-29-30-31-32-33-34-35-36-37-38-39-40-41-42-43-45-46-48-50-52-54-57-60-63-69(72)75-66-67(65-74-68(71)62-59-56-12-9-6-3)76-70(73)64-61-58-55-53-51-49-47-44-26-24-22-20-18-16-14-11-8-5-2/h7,10,15,17,21,23-24,26-28,30-31,33-34,36-37,39-40,67H,4-6,8-9,11-14,16,18-20,22,25,29,32,35,38,41-66H2,1-3H3/b10-7-,17-15-,23-21-,26-24-,28-27-,31-30-,34-33-,37-36-,40-39-. The molecule has 0 aliphatic heterocycles. The van der Waals surface area contributed by atoms with Crippen molar-refractivity contribution in [3.05, 3.63) is 109 Å². The van der Waals surface area contributed by atoms with Crippen LogP contribution < -0.4 is 0 Å². The second-order valence-corrected chi connectivity index (χ2v) is 20.9. The smallest absolute Gasteiger partial charge is 0.306 e. The molecule has 0 saturated heterocycles. The van der Waals surface area contributed by atoms with Crippen molar-refractivity contribution in [3.8, 4) is 0 Å². The van der Waals surface area contributed by atoms with Crippen molar-refractivity contribution in [2.45, 2.75) is 303 Å². The van der Waals surface area contributed by atoms with Crippen molar-refractivity contribution in [2.24, 2.45) is 0 Å². The summed E-state index contributed by atoms with van der Waals surface area (Å²) >= 11 is 0. The quantitative estimate of drug-likeness (QED) is 0.0261. The number of rotatable bonds is 57. The van der Waals surface area contributed by atoms with Crippen LogP contribution >= 0.6 is 0 Å². The molecule has 0 aromatic rings. The predicted octanol–water partition coefficient (Wildman–Crippen LogP) is 21.8. The first kappa shape index (κ1) is 72.1. The molecule has 0 bridgehead atoms. The average Bonchev–Trinajstić information content (AvgIpc) is 3.42. The van der Waals surface area contributed by atoms with E-state index in [0.29, 0.717) is 19.3 Å². The van der Waals surface area contributed by atoms with Crippen molar-refractivity contribution in [1.29, 1.82) is 0 Å². The summed E-state index contributed by atoms with van der Waals surface area (Å²) in [7, 11) is 0. The van der Waals surface area contributed by atoms with Gasteiger partial charge in [-0.05, 0) is 109 Å². The Balaban J connectivity index is 4.03. The monoisotopic (exact) mass is 1050 g/mol. The van der Waals surface area contributed by atoms with Crippen molar-refractivity contribution >= 4 is 17.9 Å². The number of carbonyl (C=O) groups excluding carboxylic acids is 3. The van der Waals surface area contributed by atoms with Gasteiger partial charge in [0.05, 0.1) is 0 Å². The van der Waals surface area contributed by atoms with Gasteiger partial charge in [-0.25, -0.2) is 0 Å². The summed E-state index contributed by atoms with van der Waals surface area (Å²) in [4.78, 5) is 37.9. The molecule has 0 aromatic heterocycles. The fourth-order valence-electron chi connectivity index (χ4n) is 8.75. The molecule has 0 fully saturated rings. The minimum atomic E-state index is -0.778. The van der Waals surface area contributed by atoms with E-state index in [9.17, 15) is 14.4 Å². The molecular formula is C70H118O6. The van der Waals surface area contributed by atoms with Gasteiger partial charge in [-0.1, -0.05) is 278 Å². The molecule has 0 spiro atoms. The van der Waals surface area contributed by atoms with Crippen LogP contribution in [0.4, 0.5) is 0 Å². The second-order valence-electron chi connectivity index (χ2n) is 20.9. The van der Waals surface area contributed by atoms with Gasteiger partial charge in [0, 0.05) is 19.3 Å². The Morgan fingerprint density at radius 1 is 0.276 bits per heavy atom. The van der Waals surface area contributed by atoms with Crippen LogP contribution in [0.1, 0.15) is 297 Å². The van der Waals surface area contributed by atoms with Crippen LogP contribution in [0, 0.1) is 0 Å². The number of unbranched alkanes of at least 4 members (excludes halogenated alkanes) is 28. The zero-order valence-corrected chi connectivity index (χ0v) is 49.7. The maximum atomic E-state index is 12.8. The minimum absolute atomic E-state index is 0.0801. The Kier molecular flexibility index (Phi) is 60.3. The van der Waals surface area contributed by atoms with Crippen LogP contribution in [0.5, 0.6) is 0 Å². The Morgan fingerprint density at radius 3 is 0.816 bits per heavy atom. The fourth-order valence-corrected chi connectivity index (χ4v) is 8.75. The zero-order chi connectivity index (χ0) is 55.0. The van der Waals surface area contributed by atoms with Gasteiger partial charge in [0.1, 0.15) is 13.2 Å². The Bertz CT molecular complexity index is 1540. The highest BCUT2D eigenvalue weighted by Crippen LogP contribution is 2.15. The van der Waals surface area contributed by atoms with E-state index in [1.54, 1.807) is 0 Å². The molecule has 434 valence electrons. The van der Waals surface area contributed by atoms with Gasteiger partial charge in [0.25, 0.3) is 0 Å². The Hall–Kier alpha value is -3.93. The lowest BCUT2D eigenvalue weighted by Gasteiger charge is -2.18. The van der Waals surface area contributed by atoms with Crippen LogP contribution in [0.15, 0.2) is 109 Å². The molecule has 0 N–H and O–H groups in total. The molecule has 0 heterocycles. The van der Waals surface area contributed by atoms with Gasteiger partial charge < -0.3 is 14.2 Å². The van der Waals surface area contributed by atoms with Crippen molar-refractivity contribution < 1.29 is 28.6 Å². The summed E-state index contributed by atoms with van der Waals surface area (Å²) in [5.41, 5.74) is 0. The summed E-state index contributed by atoms with van der Waals surface area (Å²) in [6.45, 7) is 6.45. The van der Waals surface area contributed by atoms with Crippen LogP contribution in [-0.2, 0) is 28.6 Å². The lowest BCUT2D eigenvalue weighted by atomic mass is 10.1. The van der Waals surface area contributed by atoms with Gasteiger partial charge in [-0.2, -0.15) is 0 Å². The Morgan fingerprint density at radius 2 is 0.513 bits per heavy atom. The van der Waals surface area contributed by atoms with Gasteiger partial charge in [0.15, 0.2) is 6.10 Å². The predicted molar refractivity (Wildman–Crippen MR) is 330 cm³/mol. The first-order valence-corrected chi connectivity index (χ1v) is 31.9. The van der Waals surface area contributed by atoms with Gasteiger partial charge >= 0.3 is 17.9 Å². The van der Waals surface area contributed by atoms with E-state index in [4.69, 9.17) is 14.2 Å². The van der Waals surface area contributed by atoms with Crippen molar-refractivity contribution in [2.75, 3.05) is 13.2 Å². The molecule has 0 aliphatic rings. The molecule has 6 heteroatoms. The number of carbonyl (C=O) groups is 3. The third kappa shape index (κ3) is 60.9. The van der Waals surface area contributed by atoms with Gasteiger partial charge in [-0.15, -0.1) is 0 Å². The summed E-state index contributed by atoms with van der Waals surface area (Å²) in [6, 6.07) is 0. The van der Waals surface area contributed by atoms with Crippen LogP contribution in [0.3, 0.4) is 0 Å². The summed E-state index contributed by atoms with van der Waals surface area (Å²) in [6.07, 6.45) is 87.2. The highest BCUT2D eigenvalue weighted by Gasteiger charge is 2.19. The van der Waals surface area contributed by atoms with E-state index < -0.39 is 6.10 Å². The highest BCUT2D eigenvalue weighted by molar-refractivity contribution is 5.71. The van der Waals surface area contributed by atoms with E-state index >= 15 is 0 Å². The minimum Gasteiger partial charge on any atom is -0.462 e. The SMILES string of the molecule is CC/C=C\C/C=C\C/C=C\C/C=C\C/C=C\C/C=C\C/C=C\C/C=C\CCCCCCCCCCCCC(=O)OCC(COC(=O)CCCCCCC)OC(=O)CCCCCCCCC/C=C\CCCCCCCCC. The number of esters is 3. The normalized spacial score (nSPS) is 12.8. The lowest BCUT2D eigenvalue weighted by Crippen LogP contribution is -2.30. The molecule has 0 aromatic carbocycles. The molecule has 1 atom stereocenters. The number of ether oxygens (including phenoxy) is 3. The van der Waals surface area contributed by atoms with E-state index in [-0.39, 0.29) is 31.1 Å². The van der Waals surface area contributed by atoms with Gasteiger partial charge in [-0.3, -0.25) is 14.4 Å². The number of hydrogen-bond donors (Lipinski definition) is 0. The molecule has 0 saturated carbocycles. The molecule has 0 rings (SSSR count). The van der Waals surface area contributed by atoms with Crippen LogP contribution in [0.25, 0.3) is 0 Å². The molecule has 6 nitrogen and oxygen atoms in total. The molecule has 0 aliphatic carbocycles. The number of hydrogen-bond acceptors (Lipinski definition) is 6. The van der Waals surface area contributed by atoms with E-state index in [2.05, 4.69) is 130 Å². The van der Waals surface area contributed by atoms with E-state index in [1.807, 2.05) is 0 Å². The fraction of sp³-hybridized carbons (Fsp3) is 0.700. The van der Waals surface area contributed by atoms with E-state index in [0.717, 1.165) is 116 Å². The molecule has 1 unspecified atom stereocenters. The van der Waals surface area contributed by atoms with Gasteiger partial charge in [0.2, 0.25) is 0 Å². The first-order valence-electron chi connectivity index (χ1n) is 31.9. The molecule has 0 radical (unpaired) electrons. The van der Waals surface area contributed by atoms with Crippen LogP contribution in [0.2, 0.25) is 0 Å². The lowest BCUT2D eigenvalue weighted by molar-refractivity contribution is -0.167. The van der Waals surface area contributed by atoms with E-state index in [1.165, 1.54) is 141 Å². The third-order valence-corrected chi connectivity index (χ3v) is 13.5. The summed E-state index contributed by atoms with van der Waals surface area (Å²) < 4.78 is 16.7. The molecule has 0 amide bonds. The Labute approximate surface area is 470 Å².